The number of rotatable bonds is 9. The number of nitrogens with zero attached hydrogens (tertiary/aromatic N) is 3. The number of aromatic nitrogens is 2. The van der Waals surface area contributed by atoms with E-state index in [2.05, 4.69) is 27.4 Å². The van der Waals surface area contributed by atoms with Crippen molar-refractivity contribution >= 4 is 34.4 Å². The fraction of sp³-hybridized carbons (Fsp3) is 0.200. The molecule has 28 heavy (non-hydrogen) atoms. The zero-order valence-corrected chi connectivity index (χ0v) is 16.8. The molecule has 6 nitrogen and oxygen atoms in total. The first-order chi connectivity index (χ1) is 13.8. The average Bonchev–Trinajstić information content (AvgIpc) is 3.44. The zero-order chi connectivity index (χ0) is 19.2. The predicted molar refractivity (Wildman–Crippen MR) is 111 cm³/mol. The maximum Gasteiger partial charge on any atom is 0.239 e. The maximum absolute atomic E-state index is 12.7. The summed E-state index contributed by atoms with van der Waals surface area (Å²) in [5.74, 6) is 1.47. The lowest BCUT2D eigenvalue weighted by molar-refractivity contribution is -0.117. The van der Waals surface area contributed by atoms with Gasteiger partial charge in [0, 0.05) is 22.4 Å². The SMILES string of the molecule is O=C(CN(Cc1ccco1)Cc1cccs1)Nc1ccnn1Cc1cccs1. The van der Waals surface area contributed by atoms with Gasteiger partial charge in [0.05, 0.1) is 32.1 Å². The van der Waals surface area contributed by atoms with Crippen molar-refractivity contribution < 1.29 is 9.21 Å². The Morgan fingerprint density at radius 3 is 2.61 bits per heavy atom. The molecule has 0 saturated carbocycles. The molecule has 0 saturated heterocycles. The third-order valence-corrected chi connectivity index (χ3v) is 5.88. The molecule has 4 aromatic heterocycles. The summed E-state index contributed by atoms with van der Waals surface area (Å²) >= 11 is 3.36. The first-order valence-corrected chi connectivity index (χ1v) is 10.6. The van der Waals surface area contributed by atoms with E-state index in [1.807, 2.05) is 41.1 Å². The van der Waals surface area contributed by atoms with Gasteiger partial charge in [-0.05, 0) is 35.0 Å². The summed E-state index contributed by atoms with van der Waals surface area (Å²) in [5, 5.41) is 11.4. The Morgan fingerprint density at radius 2 is 1.89 bits per heavy atom. The molecule has 0 fully saturated rings. The molecule has 1 N–H and O–H groups in total. The Balaban J connectivity index is 1.40. The molecule has 0 aromatic carbocycles. The molecule has 0 spiro atoms. The average molecular weight is 413 g/mol. The molecule has 0 radical (unpaired) electrons. The van der Waals surface area contributed by atoms with Crippen molar-refractivity contribution in [3.8, 4) is 0 Å². The van der Waals surface area contributed by atoms with Crippen molar-refractivity contribution in [3.63, 3.8) is 0 Å². The first-order valence-electron chi connectivity index (χ1n) is 8.87. The molecule has 4 rings (SSSR count). The number of furan rings is 1. The fourth-order valence-electron chi connectivity index (χ4n) is 2.91. The van der Waals surface area contributed by atoms with Crippen molar-refractivity contribution in [3.05, 3.63) is 81.2 Å². The molecule has 4 aromatic rings. The lowest BCUT2D eigenvalue weighted by atomic mass is 10.3. The zero-order valence-electron chi connectivity index (χ0n) is 15.2. The lowest BCUT2D eigenvalue weighted by Crippen LogP contribution is -2.32. The monoisotopic (exact) mass is 412 g/mol. The first kappa shape index (κ1) is 18.7. The number of nitrogens with one attached hydrogen (secondary N) is 1. The van der Waals surface area contributed by atoms with Gasteiger partial charge >= 0.3 is 0 Å². The van der Waals surface area contributed by atoms with Gasteiger partial charge in [-0.15, -0.1) is 22.7 Å². The molecule has 8 heteroatoms. The van der Waals surface area contributed by atoms with Gasteiger partial charge in [-0.25, -0.2) is 4.68 Å². The molecule has 0 atom stereocenters. The minimum Gasteiger partial charge on any atom is -0.468 e. The van der Waals surface area contributed by atoms with Crippen LogP contribution in [0.2, 0.25) is 0 Å². The molecular weight excluding hydrogens is 392 g/mol. The van der Waals surface area contributed by atoms with Gasteiger partial charge in [0.1, 0.15) is 11.6 Å². The quantitative estimate of drug-likeness (QED) is 0.445. The molecule has 0 bridgehead atoms. The highest BCUT2D eigenvalue weighted by Gasteiger charge is 2.15. The fourth-order valence-corrected chi connectivity index (χ4v) is 4.35. The van der Waals surface area contributed by atoms with E-state index in [4.69, 9.17) is 4.42 Å². The number of carbonyl (C=O) groups excluding carboxylic acids is 1. The van der Waals surface area contributed by atoms with Gasteiger partial charge in [0.25, 0.3) is 0 Å². The number of carbonyl (C=O) groups is 1. The number of hydrogen-bond donors (Lipinski definition) is 1. The van der Waals surface area contributed by atoms with E-state index < -0.39 is 0 Å². The normalized spacial score (nSPS) is 11.2. The minimum atomic E-state index is -0.0731. The molecule has 0 aliphatic rings. The standard InChI is InChI=1S/C20H20N4O2S2/c25-20(22-19-7-8-21-24(19)14-18-6-3-11-28-18)15-23(12-16-4-1-9-26-16)13-17-5-2-10-27-17/h1-11H,12-15H2,(H,22,25). The second kappa shape index (κ2) is 9.01. The minimum absolute atomic E-state index is 0.0731. The van der Waals surface area contributed by atoms with Crippen molar-refractivity contribution in [1.82, 2.24) is 14.7 Å². The summed E-state index contributed by atoms with van der Waals surface area (Å²) in [6.45, 7) is 2.18. The van der Waals surface area contributed by atoms with Crippen LogP contribution >= 0.6 is 22.7 Å². The summed E-state index contributed by atoms with van der Waals surface area (Å²) in [6.07, 6.45) is 3.36. The summed E-state index contributed by atoms with van der Waals surface area (Å²) in [7, 11) is 0. The summed E-state index contributed by atoms with van der Waals surface area (Å²) < 4.78 is 7.27. The van der Waals surface area contributed by atoms with Crippen molar-refractivity contribution in [2.24, 2.45) is 0 Å². The maximum atomic E-state index is 12.7. The van der Waals surface area contributed by atoms with E-state index >= 15 is 0 Å². The van der Waals surface area contributed by atoms with Crippen LogP contribution in [0.5, 0.6) is 0 Å². The van der Waals surface area contributed by atoms with E-state index in [-0.39, 0.29) is 12.5 Å². The van der Waals surface area contributed by atoms with E-state index in [9.17, 15) is 4.79 Å². The Kier molecular flexibility index (Phi) is 6.01. The summed E-state index contributed by atoms with van der Waals surface area (Å²) in [5.41, 5.74) is 0. The van der Waals surface area contributed by atoms with E-state index in [1.54, 1.807) is 39.8 Å². The van der Waals surface area contributed by atoms with Gasteiger partial charge in [0.15, 0.2) is 0 Å². The number of amides is 1. The van der Waals surface area contributed by atoms with Gasteiger partial charge in [-0.1, -0.05) is 12.1 Å². The van der Waals surface area contributed by atoms with Crippen LogP contribution in [0, 0.1) is 0 Å². The third-order valence-electron chi connectivity index (χ3n) is 4.16. The number of hydrogen-bond acceptors (Lipinski definition) is 6. The Morgan fingerprint density at radius 1 is 1.07 bits per heavy atom. The van der Waals surface area contributed by atoms with Crippen LogP contribution in [0.3, 0.4) is 0 Å². The van der Waals surface area contributed by atoms with Crippen molar-refractivity contribution in [2.45, 2.75) is 19.6 Å². The highest BCUT2D eigenvalue weighted by atomic mass is 32.1. The van der Waals surface area contributed by atoms with Crippen LogP contribution in [0.25, 0.3) is 0 Å². The molecule has 0 unspecified atom stereocenters. The van der Waals surface area contributed by atoms with Gasteiger partial charge in [0.2, 0.25) is 5.91 Å². The summed E-state index contributed by atoms with van der Waals surface area (Å²) in [6, 6.07) is 13.8. The topological polar surface area (TPSA) is 63.3 Å². The molecule has 144 valence electrons. The van der Waals surface area contributed by atoms with E-state index in [0.717, 1.165) is 5.76 Å². The van der Waals surface area contributed by atoms with Crippen LogP contribution in [-0.2, 0) is 24.4 Å². The molecule has 0 aliphatic carbocycles. The Bertz CT molecular complexity index is 939. The van der Waals surface area contributed by atoms with Crippen molar-refractivity contribution in [1.29, 1.82) is 0 Å². The van der Waals surface area contributed by atoms with Crippen LogP contribution in [0.4, 0.5) is 5.82 Å². The second-order valence-corrected chi connectivity index (χ2v) is 8.37. The van der Waals surface area contributed by atoms with Crippen LogP contribution in [-0.4, -0.2) is 27.1 Å². The number of thiophene rings is 2. The Labute approximate surface area is 171 Å². The van der Waals surface area contributed by atoms with Gasteiger partial charge < -0.3 is 9.73 Å². The Hall–Kier alpha value is -2.68. The van der Waals surface area contributed by atoms with Crippen LogP contribution in [0.15, 0.2) is 70.1 Å². The highest BCUT2D eigenvalue weighted by Crippen LogP contribution is 2.16. The number of anilines is 1. The molecule has 4 heterocycles. The molecule has 1 amide bonds. The summed E-state index contributed by atoms with van der Waals surface area (Å²) in [4.78, 5) is 17.2. The highest BCUT2D eigenvalue weighted by molar-refractivity contribution is 7.10. The molecule has 0 aliphatic heterocycles. The van der Waals surface area contributed by atoms with E-state index in [1.165, 1.54) is 9.75 Å². The second-order valence-electron chi connectivity index (χ2n) is 6.31. The van der Waals surface area contributed by atoms with E-state index in [0.29, 0.717) is 25.5 Å². The van der Waals surface area contributed by atoms with Crippen LogP contribution in [0.1, 0.15) is 15.5 Å². The van der Waals surface area contributed by atoms with Crippen molar-refractivity contribution in [2.75, 3.05) is 11.9 Å². The van der Waals surface area contributed by atoms with Crippen LogP contribution < -0.4 is 5.32 Å². The lowest BCUT2D eigenvalue weighted by Gasteiger charge is -2.20. The third kappa shape index (κ3) is 4.98. The van der Waals surface area contributed by atoms with Gasteiger partial charge in [-0.3, -0.25) is 9.69 Å². The largest absolute Gasteiger partial charge is 0.468 e. The van der Waals surface area contributed by atoms with Gasteiger partial charge in [-0.2, -0.15) is 5.10 Å². The molecular formula is C20H20N4O2S2. The predicted octanol–water partition coefficient (Wildman–Crippen LogP) is 4.29. The smallest absolute Gasteiger partial charge is 0.239 e.